The maximum absolute atomic E-state index is 5.05. The molecule has 2 heterocycles. The number of ether oxygens (including phenoxy) is 1. The number of pyridine rings is 1. The fraction of sp³-hybridized carbons (Fsp3) is 0.250. The maximum atomic E-state index is 5.05. The van der Waals surface area contributed by atoms with Crippen LogP contribution < -0.4 is 4.74 Å². The zero-order valence-corrected chi connectivity index (χ0v) is 6.96. The predicted molar refractivity (Wildman–Crippen MR) is 45.2 cm³/mol. The van der Waals surface area contributed by atoms with Crippen LogP contribution in [0.5, 0.6) is 5.88 Å². The lowest BCUT2D eigenvalue weighted by Crippen LogP contribution is -1.89. The normalized spacial score (nSPS) is 10.5. The molecule has 0 aliphatic rings. The molecule has 0 amide bonds. The fourth-order valence-corrected chi connectivity index (χ4v) is 1.19. The second kappa shape index (κ2) is 2.48. The molecule has 62 valence electrons. The number of hydrogen-bond acceptors (Lipinski definition) is 3. The van der Waals surface area contributed by atoms with Crippen molar-refractivity contribution in [1.29, 1.82) is 0 Å². The number of H-pyrrole nitrogens is 1. The molecule has 12 heavy (non-hydrogen) atoms. The monoisotopic (exact) mass is 163 g/mol. The van der Waals surface area contributed by atoms with Gasteiger partial charge >= 0.3 is 0 Å². The molecular weight excluding hydrogens is 154 g/mol. The third kappa shape index (κ3) is 0.845. The second-order valence-corrected chi connectivity index (χ2v) is 2.58. The summed E-state index contributed by atoms with van der Waals surface area (Å²) in [5.74, 6) is 0.567. The van der Waals surface area contributed by atoms with Gasteiger partial charge in [-0.25, -0.2) is 9.97 Å². The Morgan fingerprint density at radius 1 is 1.42 bits per heavy atom. The van der Waals surface area contributed by atoms with Crippen molar-refractivity contribution in [1.82, 2.24) is 15.0 Å². The van der Waals surface area contributed by atoms with Crippen molar-refractivity contribution in [2.45, 2.75) is 6.92 Å². The van der Waals surface area contributed by atoms with E-state index in [1.54, 1.807) is 19.6 Å². The molecule has 2 aromatic rings. The molecule has 0 saturated carbocycles. The third-order valence-corrected chi connectivity index (χ3v) is 1.81. The number of methoxy groups -OCH3 is 1. The van der Waals surface area contributed by atoms with Crippen LogP contribution in [0.3, 0.4) is 0 Å². The van der Waals surface area contributed by atoms with Gasteiger partial charge in [-0.15, -0.1) is 0 Å². The molecule has 2 aromatic heterocycles. The van der Waals surface area contributed by atoms with Crippen LogP contribution >= 0.6 is 0 Å². The summed E-state index contributed by atoms with van der Waals surface area (Å²) < 4.78 is 5.05. The van der Waals surface area contributed by atoms with Gasteiger partial charge in [-0.3, -0.25) is 0 Å². The van der Waals surface area contributed by atoms with Gasteiger partial charge in [0.05, 0.1) is 19.0 Å². The number of imidazole rings is 1. The molecule has 0 atom stereocenters. The Labute approximate surface area is 69.6 Å². The smallest absolute Gasteiger partial charge is 0.241 e. The molecule has 0 saturated heterocycles. The van der Waals surface area contributed by atoms with Gasteiger partial charge in [-0.1, -0.05) is 0 Å². The average molecular weight is 163 g/mol. The largest absolute Gasteiger partial charge is 0.479 e. The molecule has 4 heteroatoms. The SMILES string of the molecule is COc1ncc(C)c2[nH]cnc12. The molecule has 0 spiro atoms. The van der Waals surface area contributed by atoms with E-state index in [1.165, 1.54) is 0 Å². The maximum Gasteiger partial charge on any atom is 0.241 e. The van der Waals surface area contributed by atoms with E-state index in [4.69, 9.17) is 4.74 Å². The Bertz CT molecular complexity index is 408. The van der Waals surface area contributed by atoms with Crippen molar-refractivity contribution in [3.63, 3.8) is 0 Å². The first-order valence-electron chi connectivity index (χ1n) is 3.65. The minimum Gasteiger partial charge on any atom is -0.479 e. The van der Waals surface area contributed by atoms with E-state index in [-0.39, 0.29) is 0 Å². The first-order chi connectivity index (χ1) is 5.83. The van der Waals surface area contributed by atoms with Gasteiger partial charge in [-0.2, -0.15) is 0 Å². The van der Waals surface area contributed by atoms with E-state index < -0.39 is 0 Å². The molecule has 0 unspecified atom stereocenters. The third-order valence-electron chi connectivity index (χ3n) is 1.81. The van der Waals surface area contributed by atoms with Crippen molar-refractivity contribution in [2.75, 3.05) is 7.11 Å². The first-order valence-corrected chi connectivity index (χ1v) is 3.65. The second-order valence-electron chi connectivity index (χ2n) is 2.58. The Kier molecular flexibility index (Phi) is 1.46. The Morgan fingerprint density at radius 2 is 2.25 bits per heavy atom. The molecule has 4 nitrogen and oxygen atoms in total. The summed E-state index contributed by atoms with van der Waals surface area (Å²) in [6.07, 6.45) is 3.40. The molecular formula is C8H9N3O. The van der Waals surface area contributed by atoms with Crippen molar-refractivity contribution >= 4 is 11.0 Å². The zero-order chi connectivity index (χ0) is 8.55. The summed E-state index contributed by atoms with van der Waals surface area (Å²) in [4.78, 5) is 11.2. The van der Waals surface area contributed by atoms with E-state index in [1.807, 2.05) is 6.92 Å². The van der Waals surface area contributed by atoms with E-state index >= 15 is 0 Å². The lowest BCUT2D eigenvalue weighted by molar-refractivity contribution is 0.402. The molecule has 1 N–H and O–H groups in total. The summed E-state index contributed by atoms with van der Waals surface area (Å²) in [7, 11) is 1.59. The Hall–Kier alpha value is -1.58. The van der Waals surface area contributed by atoms with Gasteiger partial charge in [0.1, 0.15) is 0 Å². The van der Waals surface area contributed by atoms with Crippen LogP contribution in [0.1, 0.15) is 5.56 Å². The fourth-order valence-electron chi connectivity index (χ4n) is 1.19. The highest BCUT2D eigenvalue weighted by Gasteiger charge is 2.06. The topological polar surface area (TPSA) is 50.8 Å². The van der Waals surface area contributed by atoms with Crippen LogP contribution in [-0.4, -0.2) is 22.1 Å². The highest BCUT2D eigenvalue weighted by atomic mass is 16.5. The number of rotatable bonds is 1. The molecule has 0 fully saturated rings. The van der Waals surface area contributed by atoms with Gasteiger partial charge < -0.3 is 9.72 Å². The predicted octanol–water partition coefficient (Wildman–Crippen LogP) is 1.27. The molecule has 2 rings (SSSR count). The van der Waals surface area contributed by atoms with Crippen molar-refractivity contribution < 1.29 is 4.74 Å². The molecule has 0 aliphatic heterocycles. The highest BCUT2D eigenvalue weighted by Crippen LogP contribution is 2.21. The van der Waals surface area contributed by atoms with E-state index in [2.05, 4.69) is 15.0 Å². The van der Waals surface area contributed by atoms with Crippen LogP contribution in [-0.2, 0) is 0 Å². The van der Waals surface area contributed by atoms with E-state index in [0.29, 0.717) is 5.88 Å². The minimum atomic E-state index is 0.567. The summed E-state index contributed by atoms with van der Waals surface area (Å²) in [5.41, 5.74) is 2.85. The number of aromatic amines is 1. The Balaban J connectivity index is 2.82. The van der Waals surface area contributed by atoms with Gasteiger partial charge in [0.15, 0.2) is 5.52 Å². The summed E-state index contributed by atoms with van der Waals surface area (Å²) >= 11 is 0. The molecule has 0 radical (unpaired) electrons. The van der Waals surface area contributed by atoms with Gasteiger partial charge in [0.2, 0.25) is 5.88 Å². The van der Waals surface area contributed by atoms with Gasteiger partial charge in [-0.05, 0) is 12.5 Å². The summed E-state index contributed by atoms with van der Waals surface area (Å²) in [6, 6.07) is 0. The van der Waals surface area contributed by atoms with Crippen LogP contribution in [0.4, 0.5) is 0 Å². The number of aryl methyl sites for hydroxylation is 1. The first kappa shape index (κ1) is 7.09. The number of fused-ring (bicyclic) bond motifs is 1. The number of hydrogen-bond donors (Lipinski definition) is 1. The van der Waals surface area contributed by atoms with Crippen molar-refractivity contribution in [3.05, 3.63) is 18.1 Å². The highest BCUT2D eigenvalue weighted by molar-refractivity contribution is 5.82. The van der Waals surface area contributed by atoms with Crippen molar-refractivity contribution in [3.8, 4) is 5.88 Å². The molecule has 0 bridgehead atoms. The number of nitrogens with zero attached hydrogens (tertiary/aromatic N) is 2. The quantitative estimate of drug-likeness (QED) is 0.688. The van der Waals surface area contributed by atoms with Gasteiger partial charge in [0.25, 0.3) is 0 Å². The zero-order valence-electron chi connectivity index (χ0n) is 6.96. The number of aromatic nitrogens is 3. The minimum absolute atomic E-state index is 0.567. The lowest BCUT2D eigenvalue weighted by Gasteiger charge is -1.99. The molecule has 0 aromatic carbocycles. The lowest BCUT2D eigenvalue weighted by atomic mass is 10.3. The summed E-state index contributed by atoms with van der Waals surface area (Å²) in [6.45, 7) is 1.98. The van der Waals surface area contributed by atoms with E-state index in [9.17, 15) is 0 Å². The van der Waals surface area contributed by atoms with Crippen LogP contribution in [0.25, 0.3) is 11.0 Å². The van der Waals surface area contributed by atoms with Crippen LogP contribution in [0.15, 0.2) is 12.5 Å². The average Bonchev–Trinajstić information content (AvgIpc) is 2.54. The van der Waals surface area contributed by atoms with Crippen LogP contribution in [0.2, 0.25) is 0 Å². The number of nitrogens with one attached hydrogen (secondary N) is 1. The van der Waals surface area contributed by atoms with Crippen molar-refractivity contribution in [2.24, 2.45) is 0 Å². The Morgan fingerprint density at radius 3 is 3.00 bits per heavy atom. The van der Waals surface area contributed by atoms with Gasteiger partial charge in [0, 0.05) is 6.20 Å². The standard InChI is InChI=1S/C8H9N3O/c1-5-3-9-8(12-2)7-6(5)10-4-11-7/h3-4H,1-2H3,(H,10,11). The molecule has 0 aliphatic carbocycles. The summed E-state index contributed by atoms with van der Waals surface area (Å²) in [5, 5.41) is 0. The van der Waals surface area contributed by atoms with Crippen LogP contribution in [0, 0.1) is 6.92 Å². The van der Waals surface area contributed by atoms with E-state index in [0.717, 1.165) is 16.6 Å².